The fraction of sp³-hybridized carbons (Fsp3) is 0.0714. The minimum absolute atomic E-state index is 0.0544. The molecule has 2 rings (SSSR count). The van der Waals surface area contributed by atoms with Crippen molar-refractivity contribution in [3.8, 4) is 11.5 Å². The zero-order valence-electron chi connectivity index (χ0n) is 10.5. The molecule has 0 fully saturated rings. The van der Waals surface area contributed by atoms with Gasteiger partial charge in [-0.3, -0.25) is 14.9 Å². The van der Waals surface area contributed by atoms with Crippen LogP contribution in [0.25, 0.3) is 0 Å². The van der Waals surface area contributed by atoms with Crippen molar-refractivity contribution in [3.63, 3.8) is 0 Å². The van der Waals surface area contributed by atoms with E-state index in [1.807, 2.05) is 0 Å². The van der Waals surface area contributed by atoms with Crippen LogP contribution in [-0.2, 0) is 0 Å². The lowest BCUT2D eigenvalue weighted by atomic mass is 9.98. The number of phenolic OH excluding ortho intramolecular Hbond substituents is 2. The van der Waals surface area contributed by atoms with E-state index in [-0.39, 0.29) is 5.56 Å². The third-order valence-corrected chi connectivity index (χ3v) is 2.92. The van der Waals surface area contributed by atoms with E-state index in [1.54, 1.807) is 31.2 Å². The number of rotatable bonds is 3. The van der Waals surface area contributed by atoms with Crippen molar-refractivity contribution in [1.29, 1.82) is 0 Å². The zero-order chi connectivity index (χ0) is 14.9. The number of ketones is 1. The third kappa shape index (κ3) is 2.31. The van der Waals surface area contributed by atoms with Crippen LogP contribution in [0.1, 0.15) is 21.5 Å². The molecule has 0 unspecified atom stereocenters. The van der Waals surface area contributed by atoms with Crippen LogP contribution in [0.4, 0.5) is 5.69 Å². The van der Waals surface area contributed by atoms with Gasteiger partial charge in [-0.25, -0.2) is 0 Å². The van der Waals surface area contributed by atoms with Gasteiger partial charge in [-0.1, -0.05) is 24.3 Å². The SMILES string of the molecule is Cc1ccccc1C(=O)c1cc(O)c(O)c([N+](=O)[O-])c1. The van der Waals surface area contributed by atoms with E-state index in [0.29, 0.717) is 11.1 Å². The number of carbonyl (C=O) groups is 1. The summed E-state index contributed by atoms with van der Waals surface area (Å²) in [6.07, 6.45) is 0. The fourth-order valence-corrected chi connectivity index (χ4v) is 1.86. The lowest BCUT2D eigenvalue weighted by molar-refractivity contribution is -0.386. The normalized spacial score (nSPS) is 10.2. The average Bonchev–Trinajstić information content (AvgIpc) is 2.41. The molecule has 6 nitrogen and oxygen atoms in total. The lowest BCUT2D eigenvalue weighted by Crippen LogP contribution is -2.04. The summed E-state index contributed by atoms with van der Waals surface area (Å²) in [7, 11) is 0. The molecule has 0 spiro atoms. The highest BCUT2D eigenvalue weighted by atomic mass is 16.6. The Morgan fingerprint density at radius 2 is 1.85 bits per heavy atom. The maximum absolute atomic E-state index is 12.3. The quantitative estimate of drug-likeness (QED) is 0.387. The molecule has 2 N–H and O–H groups in total. The third-order valence-electron chi connectivity index (χ3n) is 2.92. The topological polar surface area (TPSA) is 101 Å². The van der Waals surface area contributed by atoms with Crippen LogP contribution in [0.5, 0.6) is 11.5 Å². The standard InChI is InChI=1S/C14H11NO5/c1-8-4-2-3-5-10(8)13(17)9-6-11(15(19)20)14(18)12(16)7-9/h2-7,16,18H,1H3. The molecule has 0 aliphatic heterocycles. The Morgan fingerprint density at radius 3 is 2.45 bits per heavy atom. The lowest BCUT2D eigenvalue weighted by Gasteiger charge is -2.06. The average molecular weight is 273 g/mol. The number of nitrogens with zero attached hydrogens (tertiary/aromatic N) is 1. The monoisotopic (exact) mass is 273 g/mol. The van der Waals surface area contributed by atoms with Crippen LogP contribution in [0.3, 0.4) is 0 Å². The van der Waals surface area contributed by atoms with E-state index in [4.69, 9.17) is 0 Å². The highest BCUT2D eigenvalue weighted by Crippen LogP contribution is 2.36. The zero-order valence-corrected chi connectivity index (χ0v) is 10.5. The van der Waals surface area contributed by atoms with Gasteiger partial charge < -0.3 is 10.2 Å². The van der Waals surface area contributed by atoms with Crippen molar-refractivity contribution in [2.45, 2.75) is 6.92 Å². The molecule has 102 valence electrons. The minimum atomic E-state index is -0.857. The van der Waals surface area contributed by atoms with Crippen LogP contribution < -0.4 is 0 Å². The second-order valence-electron chi connectivity index (χ2n) is 4.26. The number of nitro benzene ring substituents is 1. The Bertz CT molecular complexity index is 709. The predicted octanol–water partition coefficient (Wildman–Crippen LogP) is 2.55. The summed E-state index contributed by atoms with van der Waals surface area (Å²) in [5.74, 6) is -2.01. The predicted molar refractivity (Wildman–Crippen MR) is 71.0 cm³/mol. The van der Waals surface area contributed by atoms with Gasteiger partial charge in [0.15, 0.2) is 11.5 Å². The molecule has 0 radical (unpaired) electrons. The molecule has 0 aliphatic rings. The van der Waals surface area contributed by atoms with E-state index in [2.05, 4.69) is 0 Å². The molecule has 0 aromatic heterocycles. The summed E-state index contributed by atoms with van der Waals surface area (Å²) in [6.45, 7) is 1.74. The summed E-state index contributed by atoms with van der Waals surface area (Å²) in [5.41, 5.74) is 0.336. The molecule has 2 aromatic carbocycles. The van der Waals surface area contributed by atoms with Gasteiger partial charge in [0.1, 0.15) is 0 Å². The molecule has 0 saturated heterocycles. The Balaban J connectivity index is 2.57. The first-order valence-electron chi connectivity index (χ1n) is 5.72. The van der Waals surface area contributed by atoms with Gasteiger partial charge in [-0.2, -0.15) is 0 Å². The van der Waals surface area contributed by atoms with E-state index in [1.165, 1.54) is 0 Å². The van der Waals surface area contributed by atoms with E-state index < -0.39 is 27.9 Å². The van der Waals surface area contributed by atoms with Gasteiger partial charge in [0.2, 0.25) is 5.75 Å². The van der Waals surface area contributed by atoms with Gasteiger partial charge >= 0.3 is 5.69 Å². The number of benzene rings is 2. The molecule has 0 heterocycles. The number of aryl methyl sites for hydroxylation is 1. The van der Waals surface area contributed by atoms with Crippen LogP contribution >= 0.6 is 0 Å². The van der Waals surface area contributed by atoms with Crippen LogP contribution in [-0.4, -0.2) is 20.9 Å². The molecule has 20 heavy (non-hydrogen) atoms. The fourth-order valence-electron chi connectivity index (χ4n) is 1.86. The summed E-state index contributed by atoms with van der Waals surface area (Å²) in [6, 6.07) is 8.73. The highest BCUT2D eigenvalue weighted by molar-refractivity contribution is 6.10. The number of phenols is 2. The first kappa shape index (κ1) is 13.5. The van der Waals surface area contributed by atoms with Gasteiger partial charge in [-0.05, 0) is 18.6 Å². The van der Waals surface area contributed by atoms with E-state index in [0.717, 1.165) is 12.1 Å². The largest absolute Gasteiger partial charge is 0.504 e. The molecule has 0 atom stereocenters. The molecule has 6 heteroatoms. The maximum Gasteiger partial charge on any atom is 0.315 e. The summed E-state index contributed by atoms with van der Waals surface area (Å²) >= 11 is 0. The number of hydrogen-bond acceptors (Lipinski definition) is 5. The maximum atomic E-state index is 12.3. The number of nitro groups is 1. The second kappa shape index (κ2) is 5.00. The van der Waals surface area contributed by atoms with Crippen molar-refractivity contribution in [2.75, 3.05) is 0 Å². The Hall–Kier alpha value is -2.89. The molecular weight excluding hydrogens is 262 g/mol. The van der Waals surface area contributed by atoms with E-state index in [9.17, 15) is 25.1 Å². The van der Waals surface area contributed by atoms with E-state index >= 15 is 0 Å². The Morgan fingerprint density at radius 1 is 1.20 bits per heavy atom. The Kier molecular flexibility index (Phi) is 3.39. The van der Waals surface area contributed by atoms with Gasteiger partial charge in [0.05, 0.1) is 4.92 Å². The van der Waals surface area contributed by atoms with Crippen molar-refractivity contribution >= 4 is 11.5 Å². The minimum Gasteiger partial charge on any atom is -0.504 e. The first-order chi connectivity index (χ1) is 9.41. The highest BCUT2D eigenvalue weighted by Gasteiger charge is 2.22. The molecule has 0 saturated carbocycles. The van der Waals surface area contributed by atoms with Crippen molar-refractivity contribution < 1.29 is 19.9 Å². The number of carbonyl (C=O) groups excluding carboxylic acids is 1. The van der Waals surface area contributed by atoms with Crippen LogP contribution in [0.15, 0.2) is 36.4 Å². The second-order valence-corrected chi connectivity index (χ2v) is 4.26. The molecule has 0 aliphatic carbocycles. The van der Waals surface area contributed by atoms with Gasteiger partial charge in [-0.15, -0.1) is 0 Å². The molecule has 0 bridgehead atoms. The summed E-state index contributed by atoms with van der Waals surface area (Å²) in [5, 5.41) is 29.7. The summed E-state index contributed by atoms with van der Waals surface area (Å²) in [4.78, 5) is 22.2. The number of aromatic hydroxyl groups is 2. The van der Waals surface area contributed by atoms with Crippen molar-refractivity contribution in [3.05, 3.63) is 63.2 Å². The Labute approximate surface area is 114 Å². The molecule has 0 amide bonds. The molecular formula is C14H11NO5. The summed E-state index contributed by atoms with van der Waals surface area (Å²) < 4.78 is 0. The first-order valence-corrected chi connectivity index (χ1v) is 5.72. The van der Waals surface area contributed by atoms with Crippen LogP contribution in [0.2, 0.25) is 0 Å². The van der Waals surface area contributed by atoms with Crippen molar-refractivity contribution in [2.24, 2.45) is 0 Å². The van der Waals surface area contributed by atoms with Gasteiger partial charge in [0, 0.05) is 17.2 Å². The molecule has 2 aromatic rings. The number of hydrogen-bond donors (Lipinski definition) is 2. The smallest absolute Gasteiger partial charge is 0.315 e. The van der Waals surface area contributed by atoms with Gasteiger partial charge in [0.25, 0.3) is 0 Å². The van der Waals surface area contributed by atoms with Crippen molar-refractivity contribution in [1.82, 2.24) is 0 Å². The van der Waals surface area contributed by atoms with Crippen LogP contribution in [0, 0.1) is 17.0 Å².